The van der Waals surface area contributed by atoms with E-state index in [-0.39, 0.29) is 20.9 Å². The summed E-state index contributed by atoms with van der Waals surface area (Å²) in [4.78, 5) is 40.6. The Morgan fingerprint density at radius 2 is 1.89 bits per heavy atom. The Hall–Kier alpha value is -3.10. The number of halogens is 2. The molecule has 28 heavy (non-hydrogen) atoms. The van der Waals surface area contributed by atoms with E-state index in [0.29, 0.717) is 11.4 Å². The Balaban J connectivity index is 1.69. The zero-order valence-electron chi connectivity index (χ0n) is 14.5. The highest BCUT2D eigenvalue weighted by molar-refractivity contribution is 6.38. The van der Waals surface area contributed by atoms with Crippen molar-refractivity contribution in [1.82, 2.24) is 14.9 Å². The molecule has 1 aromatic heterocycles. The van der Waals surface area contributed by atoms with Crippen molar-refractivity contribution in [3.63, 3.8) is 0 Å². The zero-order valence-corrected chi connectivity index (χ0v) is 16.0. The molecule has 3 amide bonds. The molecular weight excluding hydrogens is 407 g/mol. The minimum Gasteiger partial charge on any atom is -0.497 e. The van der Waals surface area contributed by atoms with Gasteiger partial charge >= 0.3 is 6.03 Å². The molecule has 1 heterocycles. The van der Waals surface area contributed by atoms with Gasteiger partial charge in [-0.2, -0.15) is 0 Å². The van der Waals surface area contributed by atoms with Crippen LogP contribution in [-0.2, 0) is 11.3 Å². The Labute approximate surface area is 169 Å². The molecule has 0 aliphatic carbocycles. The maximum absolute atomic E-state index is 12.5. The standard InChI is InChI=1S/C18H14Cl2N4O4/c1-28-12-4-2-11(3-5-12)22-18(27)23-15(25)8-24-9-21-16-13(17(24)26)6-10(19)7-14(16)20/h2-7,9H,8H2,1H3,(H2,22,23,25,27). The van der Waals surface area contributed by atoms with Crippen molar-refractivity contribution in [1.29, 1.82) is 0 Å². The largest absolute Gasteiger partial charge is 0.497 e. The van der Waals surface area contributed by atoms with Crippen molar-refractivity contribution in [2.45, 2.75) is 6.54 Å². The number of imide groups is 1. The van der Waals surface area contributed by atoms with E-state index in [1.54, 1.807) is 24.3 Å². The van der Waals surface area contributed by atoms with Crippen LogP contribution in [0.5, 0.6) is 5.75 Å². The van der Waals surface area contributed by atoms with Crippen LogP contribution in [0, 0.1) is 0 Å². The smallest absolute Gasteiger partial charge is 0.325 e. The predicted octanol–water partition coefficient (Wildman–Crippen LogP) is 3.06. The van der Waals surface area contributed by atoms with Gasteiger partial charge in [0.2, 0.25) is 5.91 Å². The molecule has 2 N–H and O–H groups in total. The van der Waals surface area contributed by atoms with E-state index in [0.717, 1.165) is 4.57 Å². The summed E-state index contributed by atoms with van der Waals surface area (Å²) in [5.41, 5.74) is 0.255. The van der Waals surface area contributed by atoms with Gasteiger partial charge in [-0.25, -0.2) is 9.78 Å². The maximum atomic E-state index is 12.5. The van der Waals surface area contributed by atoms with E-state index in [1.807, 2.05) is 0 Å². The van der Waals surface area contributed by atoms with Crippen molar-refractivity contribution < 1.29 is 14.3 Å². The van der Waals surface area contributed by atoms with Gasteiger partial charge in [0, 0.05) is 10.7 Å². The van der Waals surface area contributed by atoms with Crippen molar-refractivity contribution in [2.75, 3.05) is 12.4 Å². The molecule has 0 saturated carbocycles. The molecule has 3 aromatic rings. The molecule has 10 heteroatoms. The van der Waals surface area contributed by atoms with Crippen molar-refractivity contribution in [2.24, 2.45) is 0 Å². The third-order valence-corrected chi connectivity index (χ3v) is 4.27. The molecule has 0 fully saturated rings. The van der Waals surface area contributed by atoms with Crippen LogP contribution in [0.2, 0.25) is 10.0 Å². The monoisotopic (exact) mass is 420 g/mol. The summed E-state index contributed by atoms with van der Waals surface area (Å²) in [6, 6.07) is 8.72. The highest BCUT2D eigenvalue weighted by atomic mass is 35.5. The number of benzene rings is 2. The zero-order chi connectivity index (χ0) is 20.3. The lowest BCUT2D eigenvalue weighted by Gasteiger charge is -2.09. The number of carbonyl (C=O) groups is 2. The molecule has 0 bridgehead atoms. The number of fused-ring (bicyclic) bond motifs is 1. The minimum absolute atomic E-state index is 0.176. The second kappa shape index (κ2) is 8.28. The van der Waals surface area contributed by atoms with Gasteiger partial charge in [0.15, 0.2) is 0 Å². The lowest BCUT2D eigenvalue weighted by Crippen LogP contribution is -2.38. The first-order chi connectivity index (χ1) is 13.4. The number of urea groups is 1. The third kappa shape index (κ3) is 4.41. The number of rotatable bonds is 4. The molecule has 0 spiro atoms. The van der Waals surface area contributed by atoms with Gasteiger partial charge < -0.3 is 10.1 Å². The third-order valence-electron chi connectivity index (χ3n) is 3.76. The lowest BCUT2D eigenvalue weighted by atomic mass is 10.2. The number of nitrogens with zero attached hydrogens (tertiary/aromatic N) is 2. The number of nitrogens with one attached hydrogen (secondary N) is 2. The van der Waals surface area contributed by atoms with Crippen LogP contribution in [0.1, 0.15) is 0 Å². The molecular formula is C18H14Cl2N4O4. The normalized spacial score (nSPS) is 10.5. The molecule has 144 valence electrons. The average Bonchev–Trinajstić information content (AvgIpc) is 2.65. The van der Waals surface area contributed by atoms with Gasteiger partial charge in [0.05, 0.1) is 29.4 Å². The van der Waals surface area contributed by atoms with Gasteiger partial charge in [-0.15, -0.1) is 0 Å². The summed E-state index contributed by atoms with van der Waals surface area (Å²) in [6.07, 6.45) is 1.19. The minimum atomic E-state index is -0.733. The summed E-state index contributed by atoms with van der Waals surface area (Å²) in [7, 11) is 1.53. The van der Waals surface area contributed by atoms with E-state index in [9.17, 15) is 14.4 Å². The number of amides is 3. The first kappa shape index (κ1) is 19.7. The van der Waals surface area contributed by atoms with E-state index < -0.39 is 24.0 Å². The summed E-state index contributed by atoms with van der Waals surface area (Å²) >= 11 is 11.9. The van der Waals surface area contributed by atoms with Crippen LogP contribution in [0.15, 0.2) is 47.5 Å². The fraction of sp³-hybridized carbons (Fsp3) is 0.111. The number of anilines is 1. The number of carbonyl (C=O) groups excluding carboxylic acids is 2. The Kier molecular flexibility index (Phi) is 5.81. The van der Waals surface area contributed by atoms with Crippen molar-refractivity contribution in [3.05, 3.63) is 63.1 Å². The topological polar surface area (TPSA) is 102 Å². The number of hydrogen-bond acceptors (Lipinski definition) is 5. The van der Waals surface area contributed by atoms with Crippen LogP contribution in [0.4, 0.5) is 10.5 Å². The van der Waals surface area contributed by atoms with Crippen molar-refractivity contribution >= 4 is 51.7 Å². The number of hydrogen-bond donors (Lipinski definition) is 2. The molecule has 0 atom stereocenters. The maximum Gasteiger partial charge on any atom is 0.325 e. The molecule has 0 aliphatic heterocycles. The average molecular weight is 421 g/mol. The molecule has 0 unspecified atom stereocenters. The number of ether oxygens (including phenoxy) is 1. The van der Waals surface area contributed by atoms with Crippen LogP contribution in [0.3, 0.4) is 0 Å². The Bertz CT molecular complexity index is 1110. The number of methoxy groups -OCH3 is 1. The van der Waals surface area contributed by atoms with E-state index in [1.165, 1.54) is 25.6 Å². The second-order valence-corrected chi connectivity index (χ2v) is 6.54. The summed E-state index contributed by atoms with van der Waals surface area (Å²) in [5, 5.41) is 5.33. The molecule has 8 nitrogen and oxygen atoms in total. The van der Waals surface area contributed by atoms with Gasteiger partial charge in [-0.3, -0.25) is 19.5 Å². The first-order valence-corrected chi connectivity index (χ1v) is 8.72. The van der Waals surface area contributed by atoms with E-state index >= 15 is 0 Å². The van der Waals surface area contributed by atoms with Gasteiger partial charge in [-0.05, 0) is 36.4 Å². The van der Waals surface area contributed by atoms with Crippen LogP contribution in [-0.4, -0.2) is 28.6 Å². The fourth-order valence-corrected chi connectivity index (χ4v) is 3.01. The van der Waals surface area contributed by atoms with E-state index in [4.69, 9.17) is 27.9 Å². The molecule has 0 aliphatic rings. The lowest BCUT2D eigenvalue weighted by molar-refractivity contribution is -0.120. The van der Waals surface area contributed by atoms with Gasteiger partial charge in [-0.1, -0.05) is 23.2 Å². The summed E-state index contributed by atoms with van der Waals surface area (Å²) < 4.78 is 6.08. The Morgan fingerprint density at radius 3 is 2.57 bits per heavy atom. The summed E-state index contributed by atoms with van der Waals surface area (Å²) in [6.45, 7) is -0.401. The van der Waals surface area contributed by atoms with Crippen LogP contribution >= 0.6 is 23.2 Å². The van der Waals surface area contributed by atoms with Crippen molar-refractivity contribution in [3.8, 4) is 5.75 Å². The van der Waals surface area contributed by atoms with Crippen LogP contribution < -0.4 is 20.9 Å². The molecule has 3 rings (SSSR count). The highest BCUT2D eigenvalue weighted by Gasteiger charge is 2.13. The van der Waals surface area contributed by atoms with Gasteiger partial charge in [0.25, 0.3) is 5.56 Å². The second-order valence-electron chi connectivity index (χ2n) is 5.69. The highest BCUT2D eigenvalue weighted by Crippen LogP contribution is 2.23. The fourth-order valence-electron chi connectivity index (χ4n) is 2.46. The quantitative estimate of drug-likeness (QED) is 0.674. The molecule has 2 aromatic carbocycles. The van der Waals surface area contributed by atoms with Crippen LogP contribution in [0.25, 0.3) is 10.9 Å². The van der Waals surface area contributed by atoms with E-state index in [2.05, 4.69) is 15.6 Å². The number of aromatic nitrogens is 2. The predicted molar refractivity (Wildman–Crippen MR) is 106 cm³/mol. The molecule has 0 radical (unpaired) electrons. The first-order valence-electron chi connectivity index (χ1n) is 7.96. The SMILES string of the molecule is COc1ccc(NC(=O)NC(=O)Cn2cnc3c(Cl)cc(Cl)cc3c2=O)cc1. The molecule has 0 saturated heterocycles. The Morgan fingerprint density at radius 1 is 1.18 bits per heavy atom. The van der Waals surface area contributed by atoms with Gasteiger partial charge in [0.1, 0.15) is 12.3 Å². The summed E-state index contributed by atoms with van der Waals surface area (Å²) in [5.74, 6) is -0.0622.